The Morgan fingerprint density at radius 1 is 1.12 bits per heavy atom. The molecule has 0 spiro atoms. The summed E-state index contributed by atoms with van der Waals surface area (Å²) >= 11 is 0. The summed E-state index contributed by atoms with van der Waals surface area (Å²) in [6, 6.07) is 1.29. The number of amidine groups is 1. The number of amides is 1. The fourth-order valence-electron chi connectivity index (χ4n) is 3.96. The van der Waals surface area contributed by atoms with Crippen LogP contribution in [-0.2, 0) is 9.63 Å². The molecule has 1 saturated heterocycles. The lowest BCUT2D eigenvalue weighted by molar-refractivity contribution is -0.127. The average molecular weight is 338 g/mol. The third-order valence-electron chi connectivity index (χ3n) is 5.56. The molecule has 1 aliphatic heterocycles. The number of oxime groups is 1. The molecule has 138 valence electrons. The third-order valence-corrected chi connectivity index (χ3v) is 5.56. The first kappa shape index (κ1) is 19.0. The summed E-state index contributed by atoms with van der Waals surface area (Å²) in [5, 5.41) is 6.98. The first-order valence-corrected chi connectivity index (χ1v) is 9.46. The van der Waals surface area contributed by atoms with Crippen LogP contribution in [0.15, 0.2) is 5.16 Å². The smallest absolute Gasteiger partial charge is 0.261 e. The van der Waals surface area contributed by atoms with Crippen molar-refractivity contribution in [3.05, 3.63) is 0 Å². The number of carbonyl (C=O) groups excluding carboxylic acids is 1. The molecule has 0 unspecified atom stereocenters. The van der Waals surface area contributed by atoms with E-state index < -0.39 is 0 Å². The Bertz CT molecular complexity index is 431. The maximum atomic E-state index is 12.0. The monoisotopic (exact) mass is 338 g/mol. The molecular weight excluding hydrogens is 304 g/mol. The van der Waals surface area contributed by atoms with Crippen molar-refractivity contribution in [2.24, 2.45) is 16.8 Å². The lowest BCUT2D eigenvalue weighted by Gasteiger charge is -2.38. The number of nitrogens with zero attached hydrogens (tertiary/aromatic N) is 2. The summed E-state index contributed by atoms with van der Waals surface area (Å²) in [6.07, 6.45) is 8.35. The second-order valence-electron chi connectivity index (χ2n) is 7.59. The molecule has 3 N–H and O–H groups in total. The molecule has 6 nitrogen and oxygen atoms in total. The van der Waals surface area contributed by atoms with Crippen molar-refractivity contribution in [1.29, 1.82) is 0 Å². The third kappa shape index (κ3) is 5.65. The Labute approximate surface area is 146 Å². The van der Waals surface area contributed by atoms with Crippen LogP contribution < -0.4 is 11.1 Å². The highest BCUT2D eigenvalue weighted by atomic mass is 16.6. The van der Waals surface area contributed by atoms with Crippen molar-refractivity contribution in [2.75, 3.05) is 13.2 Å². The Hall–Kier alpha value is -1.30. The highest BCUT2D eigenvalue weighted by Crippen LogP contribution is 2.23. The molecule has 1 saturated carbocycles. The normalized spacial score (nSPS) is 32.4. The van der Waals surface area contributed by atoms with E-state index in [-0.39, 0.29) is 18.6 Å². The number of likely N-dealkylation sites (tertiary alicyclic amines) is 1. The maximum Gasteiger partial charge on any atom is 0.261 e. The SMILES string of the molecule is C[C@@H]1CCCC[C@@H]1NC(=O)CO/N=C(/N)CN1[C@H](C)CCC[C@@H]1C. The molecule has 0 aromatic rings. The maximum absolute atomic E-state index is 12.0. The van der Waals surface area contributed by atoms with Gasteiger partial charge in [-0.3, -0.25) is 9.69 Å². The minimum absolute atomic E-state index is 0.0605. The second kappa shape index (κ2) is 9.25. The summed E-state index contributed by atoms with van der Waals surface area (Å²) in [7, 11) is 0. The average Bonchev–Trinajstić information content (AvgIpc) is 2.53. The topological polar surface area (TPSA) is 79.9 Å². The molecule has 1 heterocycles. The van der Waals surface area contributed by atoms with Crippen molar-refractivity contribution in [3.63, 3.8) is 0 Å². The Morgan fingerprint density at radius 3 is 2.46 bits per heavy atom. The van der Waals surface area contributed by atoms with E-state index in [2.05, 4.69) is 36.1 Å². The van der Waals surface area contributed by atoms with Crippen molar-refractivity contribution in [3.8, 4) is 0 Å². The van der Waals surface area contributed by atoms with Crippen molar-refractivity contribution in [1.82, 2.24) is 10.2 Å². The second-order valence-corrected chi connectivity index (χ2v) is 7.59. The highest BCUT2D eigenvalue weighted by Gasteiger charge is 2.25. The van der Waals surface area contributed by atoms with Gasteiger partial charge < -0.3 is 15.9 Å². The molecule has 24 heavy (non-hydrogen) atoms. The van der Waals surface area contributed by atoms with Gasteiger partial charge in [0.05, 0.1) is 6.54 Å². The minimum atomic E-state index is -0.106. The van der Waals surface area contributed by atoms with E-state index in [1.807, 2.05) is 0 Å². The Morgan fingerprint density at radius 2 is 1.79 bits per heavy atom. The minimum Gasteiger partial charge on any atom is -0.384 e. The van der Waals surface area contributed by atoms with Crippen LogP contribution in [0.3, 0.4) is 0 Å². The number of hydrogen-bond donors (Lipinski definition) is 2. The molecule has 6 heteroatoms. The molecule has 0 radical (unpaired) electrons. The molecule has 0 bridgehead atoms. The molecule has 2 fully saturated rings. The molecule has 0 aromatic carbocycles. The van der Waals surface area contributed by atoms with Gasteiger partial charge in [-0.05, 0) is 45.4 Å². The van der Waals surface area contributed by atoms with Gasteiger partial charge in [-0.1, -0.05) is 31.3 Å². The lowest BCUT2D eigenvalue weighted by Crippen LogP contribution is -2.47. The van der Waals surface area contributed by atoms with Gasteiger partial charge in [0, 0.05) is 18.1 Å². The van der Waals surface area contributed by atoms with Crippen LogP contribution in [0, 0.1) is 5.92 Å². The number of nitrogens with two attached hydrogens (primary N) is 1. The van der Waals surface area contributed by atoms with E-state index in [0.29, 0.717) is 30.4 Å². The summed E-state index contributed by atoms with van der Waals surface area (Å²) in [5.74, 6) is 0.873. The number of hydrogen-bond acceptors (Lipinski definition) is 4. The number of carbonyl (C=O) groups is 1. The van der Waals surface area contributed by atoms with Crippen molar-refractivity contribution >= 4 is 11.7 Å². The molecule has 4 atom stereocenters. The quantitative estimate of drug-likeness (QED) is 0.442. The van der Waals surface area contributed by atoms with E-state index in [0.717, 1.165) is 6.42 Å². The molecule has 1 amide bonds. The van der Waals surface area contributed by atoms with Gasteiger partial charge >= 0.3 is 0 Å². The van der Waals surface area contributed by atoms with E-state index in [1.54, 1.807) is 0 Å². The van der Waals surface area contributed by atoms with E-state index in [9.17, 15) is 4.79 Å². The van der Waals surface area contributed by atoms with E-state index in [1.165, 1.54) is 38.5 Å². The first-order valence-electron chi connectivity index (χ1n) is 9.46. The fourth-order valence-corrected chi connectivity index (χ4v) is 3.96. The highest BCUT2D eigenvalue weighted by molar-refractivity contribution is 5.82. The Balaban J connectivity index is 1.71. The zero-order valence-corrected chi connectivity index (χ0v) is 15.5. The van der Waals surface area contributed by atoms with Gasteiger partial charge in [-0.25, -0.2) is 0 Å². The van der Waals surface area contributed by atoms with Gasteiger partial charge in [-0.15, -0.1) is 0 Å². The predicted octanol–water partition coefficient (Wildman–Crippen LogP) is 2.23. The summed E-state index contributed by atoms with van der Waals surface area (Å²) in [4.78, 5) is 19.5. The molecule has 2 rings (SSSR count). The number of nitrogens with one attached hydrogen (secondary N) is 1. The van der Waals surface area contributed by atoms with Crippen LogP contribution in [0.5, 0.6) is 0 Å². The fraction of sp³-hybridized carbons (Fsp3) is 0.889. The summed E-state index contributed by atoms with van der Waals surface area (Å²) < 4.78 is 0. The van der Waals surface area contributed by atoms with Crippen LogP contribution in [0.2, 0.25) is 0 Å². The van der Waals surface area contributed by atoms with Crippen molar-refractivity contribution < 1.29 is 9.63 Å². The van der Waals surface area contributed by atoms with Gasteiger partial charge in [0.15, 0.2) is 12.4 Å². The largest absolute Gasteiger partial charge is 0.384 e. The lowest BCUT2D eigenvalue weighted by atomic mass is 9.86. The number of piperidine rings is 1. The van der Waals surface area contributed by atoms with Gasteiger partial charge in [-0.2, -0.15) is 0 Å². The van der Waals surface area contributed by atoms with Crippen LogP contribution in [0.4, 0.5) is 0 Å². The Kier molecular flexibility index (Phi) is 7.34. The molecular formula is C18H34N4O2. The van der Waals surface area contributed by atoms with Crippen molar-refractivity contribution in [2.45, 2.75) is 83.8 Å². The predicted molar refractivity (Wildman–Crippen MR) is 96.6 cm³/mol. The van der Waals surface area contributed by atoms with Gasteiger partial charge in [0.1, 0.15) is 0 Å². The summed E-state index contributed by atoms with van der Waals surface area (Å²) in [6.45, 7) is 7.19. The summed E-state index contributed by atoms with van der Waals surface area (Å²) in [5.41, 5.74) is 5.97. The first-order chi connectivity index (χ1) is 11.5. The zero-order chi connectivity index (χ0) is 17.5. The van der Waals surface area contributed by atoms with Crippen LogP contribution in [-0.4, -0.2) is 47.9 Å². The van der Waals surface area contributed by atoms with Gasteiger partial charge in [0.25, 0.3) is 5.91 Å². The molecule has 1 aliphatic carbocycles. The molecule has 0 aromatic heterocycles. The van der Waals surface area contributed by atoms with Crippen LogP contribution in [0.1, 0.15) is 65.7 Å². The standard InChI is InChI=1S/C18H34N4O2/c1-13-7-4-5-10-16(13)20-18(23)12-24-21-17(19)11-22-14(2)8-6-9-15(22)3/h13-16H,4-12H2,1-3H3,(H2,19,21)(H,20,23)/t13-,14-,15+,16+/m1/s1. The van der Waals surface area contributed by atoms with E-state index in [4.69, 9.17) is 10.6 Å². The van der Waals surface area contributed by atoms with E-state index >= 15 is 0 Å². The van der Waals surface area contributed by atoms with Crippen LogP contribution >= 0.6 is 0 Å². The van der Waals surface area contributed by atoms with Crippen LogP contribution in [0.25, 0.3) is 0 Å². The molecule has 2 aliphatic rings. The zero-order valence-electron chi connectivity index (χ0n) is 15.5. The van der Waals surface area contributed by atoms with Gasteiger partial charge in [0.2, 0.25) is 0 Å². The number of rotatable bonds is 6.